The molecule has 7 nitrogen and oxygen atoms in total. The van der Waals surface area contributed by atoms with Crippen LogP contribution in [0.15, 0.2) is 33.5 Å². The maximum atomic E-state index is 12.4. The second-order valence-corrected chi connectivity index (χ2v) is 9.59. The number of amides is 1. The molecule has 2 fully saturated rings. The fraction of sp³-hybridized carbons (Fsp3) is 0.609. The average molecular weight is 413 g/mol. The van der Waals surface area contributed by atoms with E-state index < -0.39 is 5.76 Å². The molecule has 3 N–H and O–H groups in total. The summed E-state index contributed by atoms with van der Waals surface area (Å²) in [6.07, 6.45) is 7.39. The Balaban J connectivity index is 1.72. The third-order valence-corrected chi connectivity index (χ3v) is 6.80. The number of hydrogen-bond donors (Lipinski definition) is 2. The minimum Gasteiger partial charge on any atom is -0.408 e. The molecule has 1 aromatic heterocycles. The molecule has 0 spiro atoms. The zero-order valence-electron chi connectivity index (χ0n) is 17.9. The summed E-state index contributed by atoms with van der Waals surface area (Å²) >= 11 is 0. The number of benzene rings is 1. The maximum Gasteiger partial charge on any atom is 0.441 e. The van der Waals surface area contributed by atoms with E-state index in [1.165, 1.54) is 19.3 Å². The monoisotopic (exact) mass is 412 g/mol. The van der Waals surface area contributed by atoms with Gasteiger partial charge in [0.15, 0.2) is 0 Å². The van der Waals surface area contributed by atoms with Crippen molar-refractivity contribution < 1.29 is 9.21 Å². The van der Waals surface area contributed by atoms with Crippen molar-refractivity contribution in [1.82, 2.24) is 9.88 Å². The van der Waals surface area contributed by atoms with E-state index in [0.29, 0.717) is 17.3 Å². The highest BCUT2D eigenvalue weighted by atomic mass is 16.4. The molecular weight excluding hydrogens is 380 g/mol. The number of aromatic nitrogens is 1. The van der Waals surface area contributed by atoms with Crippen LogP contribution in [-0.4, -0.2) is 34.5 Å². The van der Waals surface area contributed by atoms with Crippen LogP contribution in [0, 0.1) is 11.3 Å². The van der Waals surface area contributed by atoms with E-state index in [0.717, 1.165) is 37.6 Å². The number of piperidine rings is 1. The Bertz CT molecular complexity index is 964. The van der Waals surface area contributed by atoms with Gasteiger partial charge in [-0.15, -0.1) is 0 Å². The van der Waals surface area contributed by atoms with Crippen molar-refractivity contribution in [2.24, 2.45) is 17.1 Å². The van der Waals surface area contributed by atoms with E-state index in [9.17, 15) is 9.59 Å². The molecule has 7 heteroatoms. The van der Waals surface area contributed by atoms with Crippen molar-refractivity contribution in [1.29, 1.82) is 0 Å². The molecule has 0 radical (unpaired) electrons. The topological polar surface area (TPSA) is 101 Å². The Labute approximate surface area is 177 Å². The number of hydrogen-bond acceptors (Lipinski definition) is 6. The van der Waals surface area contributed by atoms with Crippen molar-refractivity contribution in [3.8, 4) is 0 Å². The molecule has 1 amide bonds. The number of anilines is 1. The number of nitrogens with one attached hydrogen (secondary N) is 1. The summed E-state index contributed by atoms with van der Waals surface area (Å²) in [4.78, 5) is 30.9. The lowest BCUT2D eigenvalue weighted by atomic mass is 9.77. The molecule has 2 atom stereocenters. The highest BCUT2D eigenvalue weighted by Gasteiger charge is 2.42. The number of carbonyl (C=O) groups is 1. The summed E-state index contributed by atoms with van der Waals surface area (Å²) in [6, 6.07) is 7.08. The molecule has 2 aliphatic rings. The number of carbonyl (C=O) groups excluding carboxylic acids is 1. The van der Waals surface area contributed by atoms with Crippen LogP contribution in [-0.2, 0) is 4.79 Å². The summed E-state index contributed by atoms with van der Waals surface area (Å²) in [7, 11) is 0. The Morgan fingerprint density at radius 2 is 2.00 bits per heavy atom. The van der Waals surface area contributed by atoms with Gasteiger partial charge in [-0.05, 0) is 49.1 Å². The van der Waals surface area contributed by atoms with Crippen molar-refractivity contribution in [2.75, 3.05) is 11.9 Å². The number of primary amides is 1. The molecule has 162 valence electrons. The third kappa shape index (κ3) is 4.36. The van der Waals surface area contributed by atoms with Gasteiger partial charge >= 0.3 is 5.76 Å². The standard InChI is InChI=1S/C23H32N4O3/c1-23(2)12-13-27(17(14-23)19(24)28)21(15-8-4-3-5-9-15)25-20-16-10-6-7-11-18(16)30-22(29)26-20/h6-7,10-11,15,17,21H,3-5,8-9,12-14H2,1-2H3,(H2,24,28)(H,25,26,29). The molecule has 1 saturated heterocycles. The van der Waals surface area contributed by atoms with E-state index in [4.69, 9.17) is 10.2 Å². The lowest BCUT2D eigenvalue weighted by Crippen LogP contribution is -2.59. The van der Waals surface area contributed by atoms with E-state index in [-0.39, 0.29) is 23.5 Å². The van der Waals surface area contributed by atoms with Crippen molar-refractivity contribution >= 4 is 22.7 Å². The first-order valence-corrected chi connectivity index (χ1v) is 11.1. The van der Waals surface area contributed by atoms with Gasteiger partial charge in [0.2, 0.25) is 5.91 Å². The Morgan fingerprint density at radius 3 is 2.73 bits per heavy atom. The number of nitrogens with zero attached hydrogens (tertiary/aromatic N) is 2. The van der Waals surface area contributed by atoms with Crippen LogP contribution in [0.4, 0.5) is 5.82 Å². The summed E-state index contributed by atoms with van der Waals surface area (Å²) < 4.78 is 5.27. The Hall–Kier alpha value is -2.41. The fourth-order valence-corrected chi connectivity index (χ4v) is 5.12. The van der Waals surface area contributed by atoms with Crippen molar-refractivity contribution in [3.05, 3.63) is 34.8 Å². The molecular formula is C23H32N4O3. The van der Waals surface area contributed by atoms with Gasteiger partial charge in [-0.3, -0.25) is 9.69 Å². The van der Waals surface area contributed by atoms with Crippen LogP contribution >= 0.6 is 0 Å². The first kappa shape index (κ1) is 20.8. The van der Waals surface area contributed by atoms with Gasteiger partial charge in [-0.2, -0.15) is 4.98 Å². The number of nitrogens with two attached hydrogens (primary N) is 1. The normalized spacial score (nSPS) is 23.9. The minimum atomic E-state index is -0.621. The first-order valence-electron chi connectivity index (χ1n) is 11.1. The third-order valence-electron chi connectivity index (χ3n) is 6.80. The second kappa shape index (κ2) is 8.38. The maximum absolute atomic E-state index is 12.4. The molecule has 2 unspecified atom stereocenters. The van der Waals surface area contributed by atoms with Gasteiger partial charge < -0.3 is 15.5 Å². The zero-order valence-corrected chi connectivity index (χ0v) is 17.9. The predicted octanol–water partition coefficient (Wildman–Crippen LogP) is 3.48. The van der Waals surface area contributed by atoms with E-state index in [2.05, 4.69) is 29.0 Å². The van der Waals surface area contributed by atoms with E-state index in [1.54, 1.807) is 6.07 Å². The molecule has 1 aromatic carbocycles. The molecule has 1 aliphatic heterocycles. The van der Waals surface area contributed by atoms with Gasteiger partial charge in [0.05, 0.1) is 17.6 Å². The van der Waals surface area contributed by atoms with Crippen LogP contribution in [0.5, 0.6) is 0 Å². The van der Waals surface area contributed by atoms with Gasteiger partial charge in [-0.25, -0.2) is 4.79 Å². The number of fused-ring (bicyclic) bond motifs is 1. The van der Waals surface area contributed by atoms with E-state index >= 15 is 0 Å². The van der Waals surface area contributed by atoms with Crippen molar-refractivity contribution in [3.63, 3.8) is 0 Å². The number of rotatable bonds is 5. The van der Waals surface area contributed by atoms with Crippen LogP contribution in [0.3, 0.4) is 0 Å². The minimum absolute atomic E-state index is 0.0755. The van der Waals surface area contributed by atoms with E-state index in [1.807, 2.05) is 18.2 Å². The lowest BCUT2D eigenvalue weighted by molar-refractivity contribution is -0.128. The van der Waals surface area contributed by atoms with Crippen LogP contribution in [0.1, 0.15) is 58.8 Å². The van der Waals surface area contributed by atoms with Crippen molar-refractivity contribution in [2.45, 2.75) is 71.0 Å². The fourth-order valence-electron chi connectivity index (χ4n) is 5.12. The van der Waals surface area contributed by atoms with Crippen LogP contribution < -0.4 is 16.8 Å². The molecule has 2 heterocycles. The SMILES string of the molecule is CC1(C)CCN(C(Nc2nc(=O)oc3ccccc23)C2CCCCC2)C(C(N)=O)C1. The Kier molecular flexibility index (Phi) is 5.82. The predicted molar refractivity (Wildman–Crippen MR) is 117 cm³/mol. The number of para-hydroxylation sites is 1. The average Bonchev–Trinajstić information content (AvgIpc) is 2.72. The van der Waals surface area contributed by atoms with Crippen LogP contribution in [0.25, 0.3) is 11.0 Å². The zero-order chi connectivity index (χ0) is 21.3. The van der Waals surface area contributed by atoms with Crippen LogP contribution in [0.2, 0.25) is 0 Å². The quantitative estimate of drug-likeness (QED) is 0.780. The number of likely N-dealkylation sites (tertiary alicyclic amines) is 1. The molecule has 1 saturated carbocycles. The van der Waals surface area contributed by atoms with Gasteiger partial charge in [0, 0.05) is 6.54 Å². The Morgan fingerprint density at radius 1 is 1.27 bits per heavy atom. The molecule has 1 aliphatic carbocycles. The molecule has 0 bridgehead atoms. The smallest absolute Gasteiger partial charge is 0.408 e. The van der Waals surface area contributed by atoms with Gasteiger partial charge in [0.25, 0.3) is 0 Å². The largest absolute Gasteiger partial charge is 0.441 e. The first-order chi connectivity index (χ1) is 14.3. The summed E-state index contributed by atoms with van der Waals surface area (Å²) in [6.45, 7) is 5.18. The summed E-state index contributed by atoms with van der Waals surface area (Å²) in [5.74, 6) is -0.0132. The second-order valence-electron chi connectivity index (χ2n) is 9.59. The highest BCUT2D eigenvalue weighted by molar-refractivity contribution is 5.87. The summed E-state index contributed by atoms with van der Waals surface area (Å²) in [5.41, 5.74) is 6.45. The lowest BCUT2D eigenvalue weighted by Gasteiger charge is -2.48. The molecule has 30 heavy (non-hydrogen) atoms. The van der Waals surface area contributed by atoms with Gasteiger partial charge in [0.1, 0.15) is 11.4 Å². The summed E-state index contributed by atoms with van der Waals surface area (Å²) in [5, 5.41) is 4.33. The molecule has 4 rings (SSSR count). The highest BCUT2D eigenvalue weighted by Crippen LogP contribution is 2.38. The van der Waals surface area contributed by atoms with Gasteiger partial charge in [-0.1, -0.05) is 45.2 Å². The molecule has 2 aromatic rings.